The second-order valence-corrected chi connectivity index (χ2v) is 6.38. The van der Waals surface area contributed by atoms with Crippen molar-refractivity contribution in [2.45, 2.75) is 25.5 Å². The van der Waals surface area contributed by atoms with Gasteiger partial charge in [-0.2, -0.15) is 0 Å². The number of hydrogen-bond acceptors (Lipinski definition) is 4. The van der Waals surface area contributed by atoms with E-state index in [0.29, 0.717) is 26.2 Å². The molecule has 1 saturated heterocycles. The van der Waals surface area contributed by atoms with Crippen molar-refractivity contribution in [1.29, 1.82) is 0 Å². The fraction of sp³-hybridized carbons (Fsp3) is 0.611. The summed E-state index contributed by atoms with van der Waals surface area (Å²) in [5.41, 5.74) is 2.50. The number of nitrogens with zero attached hydrogens (tertiary/aromatic N) is 2. The maximum absolute atomic E-state index is 12.4. The zero-order chi connectivity index (χ0) is 17.5. The monoisotopic (exact) mass is 335 g/mol. The summed E-state index contributed by atoms with van der Waals surface area (Å²) >= 11 is 0. The molecule has 0 spiro atoms. The zero-order valence-electron chi connectivity index (χ0n) is 14.9. The van der Waals surface area contributed by atoms with Gasteiger partial charge >= 0.3 is 6.03 Å². The lowest BCUT2D eigenvalue weighted by Crippen LogP contribution is -2.51. The van der Waals surface area contributed by atoms with E-state index in [2.05, 4.69) is 41.4 Å². The Morgan fingerprint density at radius 2 is 2.12 bits per heavy atom. The van der Waals surface area contributed by atoms with Crippen LogP contribution in [0.15, 0.2) is 24.3 Å². The van der Waals surface area contributed by atoms with Crippen LogP contribution in [0.4, 0.5) is 4.79 Å². The molecule has 1 aromatic carbocycles. The first-order valence-corrected chi connectivity index (χ1v) is 8.55. The third-order valence-corrected chi connectivity index (χ3v) is 4.47. The lowest BCUT2D eigenvalue weighted by molar-refractivity contribution is -0.0403. The summed E-state index contributed by atoms with van der Waals surface area (Å²) < 4.78 is 5.38. The predicted molar refractivity (Wildman–Crippen MR) is 94.0 cm³/mol. The van der Waals surface area contributed by atoms with Gasteiger partial charge in [0.2, 0.25) is 0 Å². The highest BCUT2D eigenvalue weighted by Gasteiger charge is 2.24. The lowest BCUT2D eigenvalue weighted by atomic mass is 10.0. The van der Waals surface area contributed by atoms with E-state index in [4.69, 9.17) is 4.74 Å². The summed E-state index contributed by atoms with van der Waals surface area (Å²) in [6, 6.07) is 8.56. The van der Waals surface area contributed by atoms with Crippen LogP contribution in [-0.2, 0) is 11.2 Å². The number of benzene rings is 1. The molecule has 0 saturated carbocycles. The molecule has 6 heteroatoms. The average molecular weight is 335 g/mol. The molecule has 2 rings (SSSR count). The quantitative estimate of drug-likeness (QED) is 0.821. The molecule has 2 N–H and O–H groups in total. The van der Waals surface area contributed by atoms with Gasteiger partial charge in [-0.1, -0.05) is 31.2 Å². The van der Waals surface area contributed by atoms with Crippen molar-refractivity contribution in [3.05, 3.63) is 35.4 Å². The zero-order valence-corrected chi connectivity index (χ0v) is 14.9. The highest BCUT2D eigenvalue weighted by molar-refractivity contribution is 5.74. The van der Waals surface area contributed by atoms with Gasteiger partial charge in [0.1, 0.15) is 0 Å². The van der Waals surface area contributed by atoms with Crippen LogP contribution < -0.4 is 5.32 Å². The number of aryl methyl sites for hydroxylation is 1. The number of urea groups is 1. The van der Waals surface area contributed by atoms with Crippen LogP contribution in [-0.4, -0.2) is 74.0 Å². The van der Waals surface area contributed by atoms with E-state index in [0.717, 1.165) is 6.42 Å². The Bertz CT molecular complexity index is 519. The normalized spacial score (nSPS) is 19.4. The SMILES string of the molecule is CCc1ccc(C(CNC(=O)N2CCOC(CO)C2)N(C)C)cc1. The Morgan fingerprint density at radius 3 is 2.71 bits per heavy atom. The van der Waals surface area contributed by atoms with Crippen LogP contribution in [0.5, 0.6) is 0 Å². The number of hydrogen-bond donors (Lipinski definition) is 2. The molecule has 24 heavy (non-hydrogen) atoms. The molecule has 6 nitrogen and oxygen atoms in total. The van der Waals surface area contributed by atoms with Gasteiger partial charge in [-0.3, -0.25) is 0 Å². The average Bonchev–Trinajstić information content (AvgIpc) is 2.62. The number of likely N-dealkylation sites (N-methyl/N-ethyl adjacent to an activating group) is 1. The van der Waals surface area contributed by atoms with Gasteiger partial charge in [0, 0.05) is 13.1 Å². The highest BCUT2D eigenvalue weighted by Crippen LogP contribution is 2.18. The number of ether oxygens (including phenoxy) is 1. The molecular weight excluding hydrogens is 306 g/mol. The Kier molecular flexibility index (Phi) is 7.02. The number of amides is 2. The summed E-state index contributed by atoms with van der Waals surface area (Å²) in [4.78, 5) is 16.2. The molecule has 1 aromatic rings. The minimum absolute atomic E-state index is 0.0616. The van der Waals surface area contributed by atoms with E-state index in [1.807, 2.05) is 14.1 Å². The largest absolute Gasteiger partial charge is 0.394 e. The Hall–Kier alpha value is -1.63. The third-order valence-electron chi connectivity index (χ3n) is 4.47. The number of aliphatic hydroxyl groups excluding tert-OH is 1. The first kappa shape index (κ1) is 18.7. The van der Waals surface area contributed by atoms with Gasteiger partial charge in [0.15, 0.2) is 0 Å². The Balaban J connectivity index is 1.94. The van der Waals surface area contributed by atoms with E-state index in [9.17, 15) is 9.90 Å². The highest BCUT2D eigenvalue weighted by atomic mass is 16.5. The maximum Gasteiger partial charge on any atom is 0.317 e. The Labute approximate surface area is 144 Å². The molecule has 1 aliphatic rings. The summed E-state index contributed by atoms with van der Waals surface area (Å²) in [6.45, 7) is 4.07. The molecule has 1 heterocycles. The van der Waals surface area contributed by atoms with Crippen molar-refractivity contribution < 1.29 is 14.6 Å². The topological polar surface area (TPSA) is 65.0 Å². The van der Waals surface area contributed by atoms with Gasteiger partial charge in [-0.05, 0) is 31.6 Å². The predicted octanol–water partition coefficient (Wildman–Crippen LogP) is 1.25. The summed E-state index contributed by atoms with van der Waals surface area (Å²) in [6.07, 6.45) is 0.739. The second-order valence-electron chi connectivity index (χ2n) is 6.38. The molecule has 1 fully saturated rings. The third kappa shape index (κ3) is 4.93. The number of carbonyl (C=O) groups is 1. The molecule has 2 amide bonds. The summed E-state index contributed by atoms with van der Waals surface area (Å²) in [5, 5.41) is 12.2. The smallest absolute Gasteiger partial charge is 0.317 e. The van der Waals surface area contributed by atoms with E-state index >= 15 is 0 Å². The van der Waals surface area contributed by atoms with Crippen LogP contribution in [0.2, 0.25) is 0 Å². The standard InChI is InChI=1S/C18H29N3O3/c1-4-14-5-7-15(8-6-14)17(20(2)3)11-19-18(23)21-9-10-24-16(12-21)13-22/h5-8,16-17,22H,4,9-13H2,1-3H3,(H,19,23). The maximum atomic E-state index is 12.4. The van der Waals surface area contributed by atoms with E-state index < -0.39 is 0 Å². The van der Waals surface area contributed by atoms with Gasteiger partial charge in [-0.25, -0.2) is 4.79 Å². The van der Waals surface area contributed by atoms with Crippen LogP contribution >= 0.6 is 0 Å². The van der Waals surface area contributed by atoms with E-state index in [-0.39, 0.29) is 24.8 Å². The second kappa shape index (κ2) is 9.01. The molecule has 0 bridgehead atoms. The van der Waals surface area contributed by atoms with Crippen LogP contribution in [0, 0.1) is 0 Å². The van der Waals surface area contributed by atoms with Crippen molar-refractivity contribution in [2.75, 3.05) is 46.9 Å². The molecule has 2 atom stereocenters. The van der Waals surface area contributed by atoms with Gasteiger partial charge < -0.3 is 25.0 Å². The van der Waals surface area contributed by atoms with Crippen molar-refractivity contribution in [1.82, 2.24) is 15.1 Å². The number of aliphatic hydroxyl groups is 1. The van der Waals surface area contributed by atoms with Crippen LogP contribution in [0.1, 0.15) is 24.1 Å². The molecule has 2 unspecified atom stereocenters. The number of rotatable bonds is 6. The fourth-order valence-corrected chi connectivity index (χ4v) is 2.88. The molecular formula is C18H29N3O3. The first-order chi connectivity index (χ1) is 11.5. The summed E-state index contributed by atoms with van der Waals surface area (Å²) in [5.74, 6) is 0. The number of carbonyl (C=O) groups excluding carboxylic acids is 1. The Morgan fingerprint density at radius 1 is 1.42 bits per heavy atom. The minimum Gasteiger partial charge on any atom is -0.394 e. The molecule has 1 aliphatic heterocycles. The van der Waals surface area contributed by atoms with Gasteiger partial charge in [0.25, 0.3) is 0 Å². The van der Waals surface area contributed by atoms with Crippen molar-refractivity contribution in [2.24, 2.45) is 0 Å². The van der Waals surface area contributed by atoms with E-state index in [1.165, 1.54) is 11.1 Å². The van der Waals surface area contributed by atoms with Crippen molar-refractivity contribution in [3.8, 4) is 0 Å². The molecule has 0 aromatic heterocycles. The minimum atomic E-state index is -0.282. The van der Waals surface area contributed by atoms with Gasteiger partial charge in [-0.15, -0.1) is 0 Å². The summed E-state index contributed by atoms with van der Waals surface area (Å²) in [7, 11) is 4.03. The molecule has 0 radical (unpaired) electrons. The van der Waals surface area contributed by atoms with Crippen molar-refractivity contribution >= 4 is 6.03 Å². The van der Waals surface area contributed by atoms with Crippen LogP contribution in [0.25, 0.3) is 0 Å². The number of morpholine rings is 1. The van der Waals surface area contributed by atoms with Gasteiger partial charge in [0.05, 0.1) is 31.9 Å². The van der Waals surface area contributed by atoms with E-state index in [1.54, 1.807) is 4.90 Å². The molecule has 134 valence electrons. The fourth-order valence-electron chi connectivity index (χ4n) is 2.88. The number of nitrogens with one attached hydrogen (secondary N) is 1. The lowest BCUT2D eigenvalue weighted by Gasteiger charge is -2.33. The van der Waals surface area contributed by atoms with Crippen molar-refractivity contribution in [3.63, 3.8) is 0 Å². The molecule has 0 aliphatic carbocycles. The first-order valence-electron chi connectivity index (χ1n) is 8.55. The van der Waals surface area contributed by atoms with Crippen LogP contribution in [0.3, 0.4) is 0 Å².